The van der Waals surface area contributed by atoms with Crippen molar-refractivity contribution in [3.05, 3.63) is 51.2 Å². The molecule has 0 aliphatic carbocycles. The maximum atomic E-state index is 10.7. The van der Waals surface area contributed by atoms with Crippen LogP contribution in [0.1, 0.15) is 41.0 Å². The minimum atomic E-state index is -0.841. The molecule has 2 atom stereocenters. The Hall–Kier alpha value is -1.36. The molecule has 1 aromatic heterocycles. The molecule has 0 fully saturated rings. The van der Waals surface area contributed by atoms with Gasteiger partial charge in [-0.3, -0.25) is 0 Å². The van der Waals surface area contributed by atoms with Crippen molar-refractivity contribution in [2.24, 2.45) is 0 Å². The first-order valence-corrected chi connectivity index (χ1v) is 8.59. The number of benzene rings is 1. The van der Waals surface area contributed by atoms with Gasteiger partial charge in [0.05, 0.1) is 6.61 Å². The standard InChI is InChI=1S/C18H23NO2S/c1-12-9-14-15(6-7-21-16(14)10-13(12)2)19-11-18(3,20)17-5-4-8-22-17/h4-5,8-10,15,19-20H,6-7,11H2,1-3H3. The number of hydrogen-bond acceptors (Lipinski definition) is 4. The van der Waals surface area contributed by atoms with Gasteiger partial charge < -0.3 is 15.2 Å². The van der Waals surface area contributed by atoms with Crippen LogP contribution in [0.5, 0.6) is 5.75 Å². The summed E-state index contributed by atoms with van der Waals surface area (Å²) in [6, 6.07) is 8.52. The van der Waals surface area contributed by atoms with Gasteiger partial charge in [0, 0.05) is 29.4 Å². The van der Waals surface area contributed by atoms with Crippen LogP contribution in [0.3, 0.4) is 0 Å². The second-order valence-electron chi connectivity index (χ2n) is 6.30. The van der Waals surface area contributed by atoms with Crippen LogP contribution in [0.4, 0.5) is 0 Å². The molecule has 0 bridgehead atoms. The minimum Gasteiger partial charge on any atom is -0.493 e. The molecule has 1 aliphatic heterocycles. The van der Waals surface area contributed by atoms with Gasteiger partial charge in [-0.25, -0.2) is 0 Å². The maximum absolute atomic E-state index is 10.7. The second kappa shape index (κ2) is 6.03. The van der Waals surface area contributed by atoms with E-state index in [1.165, 1.54) is 16.7 Å². The number of hydrogen-bond donors (Lipinski definition) is 2. The first kappa shape index (κ1) is 15.5. The quantitative estimate of drug-likeness (QED) is 0.904. The van der Waals surface area contributed by atoms with Crippen molar-refractivity contribution in [3.63, 3.8) is 0 Å². The maximum Gasteiger partial charge on any atom is 0.124 e. The monoisotopic (exact) mass is 317 g/mol. The molecule has 3 nitrogen and oxygen atoms in total. The summed E-state index contributed by atoms with van der Waals surface area (Å²) in [4.78, 5) is 0.993. The summed E-state index contributed by atoms with van der Waals surface area (Å²) in [5.74, 6) is 0.975. The smallest absolute Gasteiger partial charge is 0.124 e. The average molecular weight is 317 g/mol. The molecule has 2 unspecified atom stereocenters. The van der Waals surface area contributed by atoms with Crippen molar-refractivity contribution in [3.8, 4) is 5.75 Å². The fraction of sp³-hybridized carbons (Fsp3) is 0.444. The number of aliphatic hydroxyl groups is 1. The lowest BCUT2D eigenvalue weighted by atomic mass is 9.95. The molecule has 1 aromatic carbocycles. The van der Waals surface area contributed by atoms with Gasteiger partial charge >= 0.3 is 0 Å². The predicted octanol–water partition coefficient (Wildman–Crippen LogP) is 3.69. The molecule has 0 saturated heterocycles. The van der Waals surface area contributed by atoms with Crippen LogP contribution in [-0.2, 0) is 5.60 Å². The lowest BCUT2D eigenvalue weighted by Gasteiger charge is -2.31. The zero-order valence-corrected chi connectivity index (χ0v) is 14.2. The Balaban J connectivity index is 1.76. The molecular weight excluding hydrogens is 294 g/mol. The lowest BCUT2D eigenvalue weighted by Crippen LogP contribution is -2.38. The number of aryl methyl sites for hydroxylation is 2. The fourth-order valence-electron chi connectivity index (χ4n) is 2.86. The van der Waals surface area contributed by atoms with Crippen molar-refractivity contribution in [1.82, 2.24) is 5.32 Å². The molecule has 4 heteroatoms. The average Bonchev–Trinajstić information content (AvgIpc) is 3.01. The number of ether oxygens (including phenoxy) is 1. The van der Waals surface area contributed by atoms with Gasteiger partial charge in [0.15, 0.2) is 0 Å². The second-order valence-corrected chi connectivity index (χ2v) is 7.24. The van der Waals surface area contributed by atoms with Gasteiger partial charge in [-0.2, -0.15) is 0 Å². The van der Waals surface area contributed by atoms with E-state index in [4.69, 9.17) is 4.74 Å². The van der Waals surface area contributed by atoms with Crippen molar-refractivity contribution in [2.45, 2.75) is 38.8 Å². The number of fused-ring (bicyclic) bond motifs is 1. The minimum absolute atomic E-state index is 0.231. The van der Waals surface area contributed by atoms with Crippen molar-refractivity contribution in [1.29, 1.82) is 0 Å². The predicted molar refractivity (Wildman–Crippen MR) is 90.7 cm³/mol. The van der Waals surface area contributed by atoms with E-state index >= 15 is 0 Å². The Labute approximate surface area is 136 Å². The first-order valence-electron chi connectivity index (χ1n) is 7.71. The molecular formula is C18H23NO2S. The fourth-order valence-corrected chi connectivity index (χ4v) is 3.64. The van der Waals surface area contributed by atoms with E-state index in [1.54, 1.807) is 11.3 Å². The van der Waals surface area contributed by atoms with Crippen LogP contribution in [-0.4, -0.2) is 18.3 Å². The summed E-state index contributed by atoms with van der Waals surface area (Å²) >= 11 is 1.59. The highest BCUT2D eigenvalue weighted by molar-refractivity contribution is 7.10. The molecule has 3 rings (SSSR count). The van der Waals surface area contributed by atoms with E-state index in [0.29, 0.717) is 13.2 Å². The highest BCUT2D eigenvalue weighted by Crippen LogP contribution is 2.35. The Morgan fingerprint density at radius 2 is 2.14 bits per heavy atom. The number of nitrogens with one attached hydrogen (secondary N) is 1. The zero-order valence-electron chi connectivity index (χ0n) is 13.3. The molecule has 118 valence electrons. The third kappa shape index (κ3) is 3.05. The molecule has 2 aromatic rings. The number of thiophene rings is 1. The summed E-state index contributed by atoms with van der Waals surface area (Å²) in [5.41, 5.74) is 2.90. The lowest BCUT2D eigenvalue weighted by molar-refractivity contribution is 0.0554. The van der Waals surface area contributed by atoms with Crippen LogP contribution in [0.25, 0.3) is 0 Å². The third-order valence-corrected chi connectivity index (χ3v) is 5.53. The first-order chi connectivity index (χ1) is 10.5. The van der Waals surface area contributed by atoms with E-state index in [9.17, 15) is 5.11 Å². The van der Waals surface area contributed by atoms with Gasteiger partial charge in [0.2, 0.25) is 0 Å². The van der Waals surface area contributed by atoms with E-state index < -0.39 is 5.60 Å². The normalized spacial score (nSPS) is 20.1. The van der Waals surface area contributed by atoms with Gasteiger partial charge in [0.25, 0.3) is 0 Å². The summed E-state index contributed by atoms with van der Waals surface area (Å²) in [6.07, 6.45) is 0.927. The van der Waals surface area contributed by atoms with Crippen LogP contribution >= 0.6 is 11.3 Å². The van der Waals surface area contributed by atoms with Gasteiger partial charge in [-0.05, 0) is 49.4 Å². The van der Waals surface area contributed by atoms with Crippen LogP contribution < -0.4 is 10.1 Å². The summed E-state index contributed by atoms with van der Waals surface area (Å²) < 4.78 is 5.79. The largest absolute Gasteiger partial charge is 0.493 e. The topological polar surface area (TPSA) is 41.5 Å². The molecule has 0 radical (unpaired) electrons. The van der Waals surface area contributed by atoms with Crippen LogP contribution in [0.2, 0.25) is 0 Å². The molecule has 2 N–H and O–H groups in total. The summed E-state index contributed by atoms with van der Waals surface area (Å²) in [6.45, 7) is 7.35. The Bertz CT molecular complexity index is 649. The van der Waals surface area contributed by atoms with Gasteiger partial charge in [-0.1, -0.05) is 12.1 Å². The van der Waals surface area contributed by atoms with Crippen molar-refractivity contribution in [2.75, 3.05) is 13.2 Å². The SMILES string of the molecule is Cc1cc2c(cc1C)C(NCC(C)(O)c1cccs1)CCO2. The van der Waals surface area contributed by atoms with E-state index in [0.717, 1.165) is 17.0 Å². The molecule has 1 aliphatic rings. The Kier molecular flexibility index (Phi) is 4.26. The Morgan fingerprint density at radius 3 is 2.86 bits per heavy atom. The van der Waals surface area contributed by atoms with Gasteiger partial charge in [0.1, 0.15) is 11.4 Å². The van der Waals surface area contributed by atoms with Crippen LogP contribution in [0.15, 0.2) is 29.6 Å². The molecule has 0 spiro atoms. The van der Waals surface area contributed by atoms with E-state index in [1.807, 2.05) is 24.4 Å². The third-order valence-electron chi connectivity index (χ3n) is 4.41. The zero-order chi connectivity index (χ0) is 15.7. The Morgan fingerprint density at radius 1 is 1.36 bits per heavy atom. The van der Waals surface area contributed by atoms with Gasteiger partial charge in [-0.15, -0.1) is 11.3 Å². The van der Waals surface area contributed by atoms with E-state index in [-0.39, 0.29) is 6.04 Å². The number of rotatable bonds is 4. The highest BCUT2D eigenvalue weighted by Gasteiger charge is 2.28. The highest BCUT2D eigenvalue weighted by atomic mass is 32.1. The summed E-state index contributed by atoms with van der Waals surface area (Å²) in [5, 5.41) is 16.2. The van der Waals surface area contributed by atoms with Crippen LogP contribution in [0, 0.1) is 13.8 Å². The summed E-state index contributed by atoms with van der Waals surface area (Å²) in [7, 11) is 0. The molecule has 0 saturated carbocycles. The van der Waals surface area contributed by atoms with E-state index in [2.05, 4.69) is 31.3 Å². The molecule has 22 heavy (non-hydrogen) atoms. The molecule has 0 amide bonds. The van der Waals surface area contributed by atoms with Crippen molar-refractivity contribution >= 4 is 11.3 Å². The molecule has 2 heterocycles. The van der Waals surface area contributed by atoms with Crippen molar-refractivity contribution < 1.29 is 9.84 Å².